The molecule has 4 aromatic heterocycles. The molecule has 0 bridgehead atoms. The first-order chi connectivity index (χ1) is 14.6. The minimum absolute atomic E-state index is 0.0334. The van der Waals surface area contributed by atoms with Gasteiger partial charge in [0, 0.05) is 29.3 Å². The number of benzene rings is 1. The van der Waals surface area contributed by atoms with Crippen LogP contribution in [-0.4, -0.2) is 31.1 Å². The van der Waals surface area contributed by atoms with E-state index in [1.165, 1.54) is 0 Å². The van der Waals surface area contributed by atoms with E-state index >= 15 is 0 Å². The van der Waals surface area contributed by atoms with Crippen molar-refractivity contribution in [3.8, 4) is 22.5 Å². The van der Waals surface area contributed by atoms with E-state index in [4.69, 9.17) is 0 Å². The predicted molar refractivity (Wildman–Crippen MR) is 118 cm³/mol. The summed E-state index contributed by atoms with van der Waals surface area (Å²) in [5, 5.41) is 11.5. The Morgan fingerprint density at radius 1 is 1.03 bits per heavy atom. The van der Waals surface area contributed by atoms with Crippen LogP contribution >= 0.6 is 0 Å². The molecule has 0 aliphatic rings. The number of nitrogens with zero attached hydrogens (tertiary/aromatic N) is 3. The van der Waals surface area contributed by atoms with Crippen molar-refractivity contribution in [2.75, 3.05) is 5.32 Å². The second-order valence-corrected chi connectivity index (χ2v) is 7.56. The van der Waals surface area contributed by atoms with Crippen molar-refractivity contribution in [1.82, 2.24) is 25.1 Å². The first-order valence-corrected chi connectivity index (χ1v) is 9.77. The Hall–Kier alpha value is -4.00. The highest BCUT2D eigenvalue weighted by Crippen LogP contribution is 2.31. The predicted octanol–water partition coefficient (Wildman–Crippen LogP) is 4.76. The smallest absolute Gasteiger partial charge is 0.226 e. The lowest BCUT2D eigenvalue weighted by Gasteiger charge is -2.09. The Morgan fingerprint density at radius 2 is 1.93 bits per heavy atom. The molecule has 0 aliphatic carbocycles. The van der Waals surface area contributed by atoms with Gasteiger partial charge >= 0.3 is 0 Å². The van der Waals surface area contributed by atoms with E-state index in [1.807, 2.05) is 50.2 Å². The van der Waals surface area contributed by atoms with Gasteiger partial charge in [-0.1, -0.05) is 19.9 Å². The van der Waals surface area contributed by atoms with Crippen LogP contribution in [0.5, 0.6) is 0 Å². The van der Waals surface area contributed by atoms with Gasteiger partial charge in [-0.25, -0.2) is 0 Å². The number of hydrogen-bond acceptors (Lipinski definition) is 4. The molecular weight excluding hydrogens is 376 g/mol. The van der Waals surface area contributed by atoms with Gasteiger partial charge in [-0.2, -0.15) is 5.10 Å². The molecule has 3 N–H and O–H groups in total. The highest BCUT2D eigenvalue weighted by atomic mass is 16.1. The Kier molecular flexibility index (Phi) is 4.28. The SMILES string of the molecule is CC(C)C(=O)Nc1cncc(-c2ccc3[nH]nc(-c4cc5ncccc5[nH]4)c3c2)c1. The summed E-state index contributed by atoms with van der Waals surface area (Å²) in [5.74, 6) is -0.127. The van der Waals surface area contributed by atoms with Crippen LogP contribution in [0.25, 0.3) is 44.5 Å². The fraction of sp³-hybridized carbons (Fsp3) is 0.130. The number of nitrogens with one attached hydrogen (secondary N) is 3. The first kappa shape index (κ1) is 18.1. The van der Waals surface area contributed by atoms with E-state index in [9.17, 15) is 4.79 Å². The number of fused-ring (bicyclic) bond motifs is 2. The normalized spacial score (nSPS) is 11.4. The van der Waals surface area contributed by atoms with Crippen molar-refractivity contribution < 1.29 is 4.79 Å². The Bertz CT molecular complexity index is 1350. The number of H-pyrrole nitrogens is 2. The number of pyridine rings is 2. The first-order valence-electron chi connectivity index (χ1n) is 9.77. The lowest BCUT2D eigenvalue weighted by atomic mass is 10.0. The number of carbonyl (C=O) groups excluding carboxylic acids is 1. The molecule has 5 aromatic rings. The van der Waals surface area contributed by atoms with Crippen molar-refractivity contribution in [1.29, 1.82) is 0 Å². The third kappa shape index (κ3) is 3.20. The molecule has 7 heteroatoms. The van der Waals surface area contributed by atoms with Crippen LogP contribution in [0, 0.1) is 5.92 Å². The van der Waals surface area contributed by atoms with Crippen molar-refractivity contribution in [3.63, 3.8) is 0 Å². The number of rotatable bonds is 4. The molecule has 4 heterocycles. The Balaban J connectivity index is 1.55. The number of amides is 1. The van der Waals surface area contributed by atoms with Crippen LogP contribution < -0.4 is 5.32 Å². The van der Waals surface area contributed by atoms with Crippen LogP contribution in [-0.2, 0) is 4.79 Å². The standard InChI is InChI=1S/C23H20N6O/c1-13(2)23(30)26-16-8-15(11-24-12-16)14-5-6-18-17(9-14)22(29-28-18)21-10-20-19(27-21)4-3-7-25-20/h3-13,27H,1-2H3,(H,26,30)(H,28,29). The molecule has 1 amide bonds. The lowest BCUT2D eigenvalue weighted by molar-refractivity contribution is -0.118. The molecule has 0 radical (unpaired) electrons. The van der Waals surface area contributed by atoms with Gasteiger partial charge < -0.3 is 10.3 Å². The third-order valence-electron chi connectivity index (χ3n) is 5.07. The summed E-state index contributed by atoms with van der Waals surface area (Å²) in [6.45, 7) is 3.72. The van der Waals surface area contributed by atoms with Crippen LogP contribution in [0.2, 0.25) is 0 Å². The van der Waals surface area contributed by atoms with Gasteiger partial charge in [0.15, 0.2) is 0 Å². The van der Waals surface area contributed by atoms with Gasteiger partial charge in [-0.05, 0) is 42.0 Å². The zero-order valence-corrected chi connectivity index (χ0v) is 16.6. The van der Waals surface area contributed by atoms with Crippen molar-refractivity contribution in [2.45, 2.75) is 13.8 Å². The zero-order chi connectivity index (χ0) is 20.7. The van der Waals surface area contributed by atoms with E-state index in [1.54, 1.807) is 18.6 Å². The molecule has 0 aliphatic heterocycles. The van der Waals surface area contributed by atoms with E-state index in [-0.39, 0.29) is 11.8 Å². The van der Waals surface area contributed by atoms with Crippen LogP contribution in [0.4, 0.5) is 5.69 Å². The maximum atomic E-state index is 12.0. The van der Waals surface area contributed by atoms with Crippen molar-refractivity contribution in [2.24, 2.45) is 5.92 Å². The number of aromatic amines is 2. The van der Waals surface area contributed by atoms with E-state index in [0.29, 0.717) is 5.69 Å². The van der Waals surface area contributed by atoms with E-state index < -0.39 is 0 Å². The monoisotopic (exact) mass is 396 g/mol. The maximum Gasteiger partial charge on any atom is 0.226 e. The van der Waals surface area contributed by atoms with Gasteiger partial charge in [-0.3, -0.25) is 19.9 Å². The summed E-state index contributed by atoms with van der Waals surface area (Å²) in [4.78, 5) is 24.1. The fourth-order valence-electron chi connectivity index (χ4n) is 3.44. The molecule has 0 saturated heterocycles. The largest absolute Gasteiger partial charge is 0.352 e. The zero-order valence-electron chi connectivity index (χ0n) is 16.6. The van der Waals surface area contributed by atoms with Crippen LogP contribution in [0.1, 0.15) is 13.8 Å². The topological polar surface area (TPSA) is 99.3 Å². The molecule has 5 rings (SSSR count). The summed E-state index contributed by atoms with van der Waals surface area (Å²) in [6, 6.07) is 13.9. The summed E-state index contributed by atoms with van der Waals surface area (Å²) in [6.07, 6.45) is 5.22. The minimum atomic E-state index is -0.0932. The quantitative estimate of drug-likeness (QED) is 0.408. The number of hydrogen-bond donors (Lipinski definition) is 3. The summed E-state index contributed by atoms with van der Waals surface area (Å²) >= 11 is 0. The lowest BCUT2D eigenvalue weighted by Crippen LogP contribution is -2.17. The minimum Gasteiger partial charge on any atom is -0.352 e. The average molecular weight is 396 g/mol. The third-order valence-corrected chi connectivity index (χ3v) is 5.07. The number of carbonyl (C=O) groups is 1. The molecule has 0 spiro atoms. The molecule has 30 heavy (non-hydrogen) atoms. The molecule has 0 fully saturated rings. The molecule has 0 unspecified atom stereocenters. The molecule has 148 valence electrons. The van der Waals surface area contributed by atoms with Gasteiger partial charge in [0.05, 0.1) is 34.1 Å². The maximum absolute atomic E-state index is 12.0. The van der Waals surface area contributed by atoms with Crippen molar-refractivity contribution in [3.05, 3.63) is 61.1 Å². The van der Waals surface area contributed by atoms with E-state index in [0.717, 1.165) is 44.5 Å². The summed E-state index contributed by atoms with van der Waals surface area (Å²) in [5.41, 5.74) is 7.15. The van der Waals surface area contributed by atoms with Crippen molar-refractivity contribution >= 4 is 33.5 Å². The molecule has 0 atom stereocenters. The second kappa shape index (κ2) is 7.11. The van der Waals surface area contributed by atoms with Gasteiger partial charge in [0.2, 0.25) is 5.91 Å². The highest BCUT2D eigenvalue weighted by molar-refractivity contribution is 5.97. The molecule has 7 nitrogen and oxygen atoms in total. The van der Waals surface area contributed by atoms with Gasteiger partial charge in [-0.15, -0.1) is 0 Å². The molecule has 0 saturated carbocycles. The number of anilines is 1. The molecule has 1 aromatic carbocycles. The highest BCUT2D eigenvalue weighted by Gasteiger charge is 2.13. The van der Waals surface area contributed by atoms with Crippen LogP contribution in [0.15, 0.2) is 61.1 Å². The fourth-order valence-corrected chi connectivity index (χ4v) is 3.44. The Morgan fingerprint density at radius 3 is 2.77 bits per heavy atom. The van der Waals surface area contributed by atoms with E-state index in [2.05, 4.69) is 36.5 Å². The summed E-state index contributed by atoms with van der Waals surface area (Å²) in [7, 11) is 0. The Labute approximate surface area is 172 Å². The van der Waals surface area contributed by atoms with Gasteiger partial charge in [0.25, 0.3) is 0 Å². The molecular formula is C23H20N6O. The summed E-state index contributed by atoms with van der Waals surface area (Å²) < 4.78 is 0. The average Bonchev–Trinajstić information content (AvgIpc) is 3.37. The van der Waals surface area contributed by atoms with Crippen LogP contribution in [0.3, 0.4) is 0 Å². The number of aromatic nitrogens is 5. The van der Waals surface area contributed by atoms with Gasteiger partial charge in [0.1, 0.15) is 5.69 Å². The second-order valence-electron chi connectivity index (χ2n) is 7.56.